The summed E-state index contributed by atoms with van der Waals surface area (Å²) >= 11 is 0.844. The van der Waals surface area contributed by atoms with E-state index in [4.69, 9.17) is 5.11 Å². The standard InChI is InChI=1S/C15H15NO4S/c1-9-3-4-11(7-10(9)2)8-12-14(19)16(15(20)21-12)6-5-13(17)18/h3-4,7-8H,5-6H2,1-2H3,(H,17,18)/b12-8-. The molecule has 0 aromatic heterocycles. The Morgan fingerprint density at radius 1 is 1.29 bits per heavy atom. The molecule has 0 aliphatic carbocycles. The molecular formula is C15H15NO4S. The number of benzene rings is 1. The van der Waals surface area contributed by atoms with Crippen LogP contribution in [0.4, 0.5) is 4.79 Å². The van der Waals surface area contributed by atoms with Crippen molar-refractivity contribution in [1.29, 1.82) is 0 Å². The third-order valence-electron chi connectivity index (χ3n) is 3.25. The number of nitrogens with zero attached hydrogens (tertiary/aromatic N) is 1. The number of imide groups is 1. The van der Waals surface area contributed by atoms with Crippen molar-refractivity contribution in [3.05, 3.63) is 39.8 Å². The maximum atomic E-state index is 12.1. The van der Waals surface area contributed by atoms with Gasteiger partial charge in [-0.1, -0.05) is 18.2 Å². The van der Waals surface area contributed by atoms with Crippen LogP contribution in [-0.4, -0.2) is 33.7 Å². The van der Waals surface area contributed by atoms with Crippen LogP contribution in [0.2, 0.25) is 0 Å². The zero-order valence-electron chi connectivity index (χ0n) is 11.8. The molecule has 1 N–H and O–H groups in total. The van der Waals surface area contributed by atoms with E-state index in [2.05, 4.69) is 0 Å². The Labute approximate surface area is 126 Å². The van der Waals surface area contributed by atoms with E-state index in [1.807, 2.05) is 32.0 Å². The summed E-state index contributed by atoms with van der Waals surface area (Å²) in [5.74, 6) is -1.46. The van der Waals surface area contributed by atoms with Gasteiger partial charge in [0.25, 0.3) is 11.1 Å². The molecule has 110 valence electrons. The first-order chi connectivity index (χ1) is 9.88. The fourth-order valence-electron chi connectivity index (χ4n) is 1.91. The number of amides is 2. The van der Waals surface area contributed by atoms with Gasteiger partial charge in [0.15, 0.2) is 0 Å². The Morgan fingerprint density at radius 3 is 2.62 bits per heavy atom. The maximum Gasteiger partial charge on any atom is 0.305 e. The van der Waals surface area contributed by atoms with Gasteiger partial charge in [-0.2, -0.15) is 0 Å². The van der Waals surface area contributed by atoms with Gasteiger partial charge in [-0.05, 0) is 48.4 Å². The third kappa shape index (κ3) is 3.52. The van der Waals surface area contributed by atoms with Gasteiger partial charge in [-0.15, -0.1) is 0 Å². The number of aliphatic carboxylic acids is 1. The quantitative estimate of drug-likeness (QED) is 0.866. The summed E-state index contributed by atoms with van der Waals surface area (Å²) < 4.78 is 0. The molecule has 1 saturated heterocycles. The normalized spacial score (nSPS) is 16.9. The van der Waals surface area contributed by atoms with E-state index in [9.17, 15) is 14.4 Å². The Bertz CT molecular complexity index is 651. The number of thioether (sulfide) groups is 1. The average Bonchev–Trinajstić information content (AvgIpc) is 2.67. The van der Waals surface area contributed by atoms with E-state index < -0.39 is 17.1 Å². The summed E-state index contributed by atoms with van der Waals surface area (Å²) in [6, 6.07) is 5.78. The second-order valence-corrected chi connectivity index (χ2v) is 5.81. The van der Waals surface area contributed by atoms with Crippen LogP contribution in [0.1, 0.15) is 23.1 Å². The van der Waals surface area contributed by atoms with Gasteiger partial charge in [0.05, 0.1) is 11.3 Å². The van der Waals surface area contributed by atoms with Crippen molar-refractivity contribution in [3.63, 3.8) is 0 Å². The molecule has 0 unspecified atom stereocenters. The van der Waals surface area contributed by atoms with Crippen LogP contribution in [0.15, 0.2) is 23.1 Å². The number of rotatable bonds is 4. The first-order valence-corrected chi connectivity index (χ1v) is 7.24. The molecule has 1 heterocycles. The minimum atomic E-state index is -1.04. The van der Waals surface area contributed by atoms with Gasteiger partial charge in [-0.25, -0.2) is 0 Å². The minimum Gasteiger partial charge on any atom is -0.481 e. The van der Waals surface area contributed by atoms with Gasteiger partial charge < -0.3 is 5.11 Å². The molecule has 5 nitrogen and oxygen atoms in total. The topological polar surface area (TPSA) is 74.7 Å². The smallest absolute Gasteiger partial charge is 0.305 e. The zero-order chi connectivity index (χ0) is 15.6. The van der Waals surface area contributed by atoms with Crippen molar-refractivity contribution in [2.75, 3.05) is 6.54 Å². The van der Waals surface area contributed by atoms with Crippen molar-refractivity contribution < 1.29 is 19.5 Å². The van der Waals surface area contributed by atoms with Gasteiger partial charge in [0.1, 0.15) is 0 Å². The fraction of sp³-hybridized carbons (Fsp3) is 0.267. The Kier molecular flexibility index (Phi) is 4.47. The van der Waals surface area contributed by atoms with Crippen LogP contribution >= 0.6 is 11.8 Å². The van der Waals surface area contributed by atoms with E-state index in [0.29, 0.717) is 4.91 Å². The van der Waals surface area contributed by atoms with Crippen molar-refractivity contribution in [2.45, 2.75) is 20.3 Å². The molecule has 0 atom stereocenters. The highest BCUT2D eigenvalue weighted by atomic mass is 32.2. The predicted octanol–water partition coefficient (Wildman–Crippen LogP) is 2.81. The number of carboxylic acid groups (broad SMARTS) is 1. The van der Waals surface area contributed by atoms with Gasteiger partial charge in [0.2, 0.25) is 0 Å². The molecule has 1 aromatic rings. The SMILES string of the molecule is Cc1ccc(/C=C2\SC(=O)N(CCC(=O)O)C2=O)cc1C. The number of carbonyl (C=O) groups excluding carboxylic acids is 2. The van der Waals surface area contributed by atoms with E-state index in [-0.39, 0.29) is 13.0 Å². The van der Waals surface area contributed by atoms with E-state index in [1.165, 1.54) is 0 Å². The lowest BCUT2D eigenvalue weighted by atomic mass is 10.1. The third-order valence-corrected chi connectivity index (χ3v) is 4.16. The number of carbonyl (C=O) groups is 3. The number of hydrogen-bond acceptors (Lipinski definition) is 4. The molecule has 1 aromatic carbocycles. The molecule has 2 rings (SSSR count). The van der Waals surface area contributed by atoms with E-state index in [1.54, 1.807) is 6.08 Å². The highest BCUT2D eigenvalue weighted by molar-refractivity contribution is 8.18. The molecular weight excluding hydrogens is 290 g/mol. The summed E-state index contributed by atoms with van der Waals surface area (Å²) in [4.78, 5) is 35.7. The molecule has 0 spiro atoms. The minimum absolute atomic E-state index is 0.0930. The van der Waals surface area contributed by atoms with Gasteiger partial charge >= 0.3 is 5.97 Å². The van der Waals surface area contributed by atoms with Crippen LogP contribution in [0.25, 0.3) is 6.08 Å². The van der Waals surface area contributed by atoms with Crippen LogP contribution in [0.5, 0.6) is 0 Å². The van der Waals surface area contributed by atoms with Crippen molar-refractivity contribution >= 4 is 35.0 Å². The lowest BCUT2D eigenvalue weighted by Crippen LogP contribution is -2.30. The molecule has 2 amide bonds. The van der Waals surface area contributed by atoms with Crippen LogP contribution in [0, 0.1) is 13.8 Å². The predicted molar refractivity (Wildman–Crippen MR) is 80.8 cm³/mol. The monoisotopic (exact) mass is 305 g/mol. The Hall–Kier alpha value is -2.08. The van der Waals surface area contributed by atoms with E-state index in [0.717, 1.165) is 33.4 Å². The molecule has 0 bridgehead atoms. The second-order valence-electron chi connectivity index (χ2n) is 4.82. The van der Waals surface area contributed by atoms with Gasteiger partial charge in [0, 0.05) is 6.54 Å². The van der Waals surface area contributed by atoms with Crippen LogP contribution in [0.3, 0.4) is 0 Å². The number of aryl methyl sites for hydroxylation is 2. The first kappa shape index (κ1) is 15.3. The van der Waals surface area contributed by atoms with Crippen LogP contribution < -0.4 is 0 Å². The summed E-state index contributed by atoms with van der Waals surface area (Å²) in [6.07, 6.45) is 1.42. The molecule has 0 radical (unpaired) electrons. The summed E-state index contributed by atoms with van der Waals surface area (Å²) in [5, 5.41) is 8.21. The van der Waals surface area contributed by atoms with Gasteiger partial charge in [-0.3, -0.25) is 19.3 Å². The van der Waals surface area contributed by atoms with Crippen molar-refractivity contribution in [1.82, 2.24) is 4.90 Å². The molecule has 0 saturated carbocycles. The summed E-state index contributed by atoms with van der Waals surface area (Å²) in [5.41, 5.74) is 3.11. The fourth-order valence-corrected chi connectivity index (χ4v) is 2.77. The lowest BCUT2D eigenvalue weighted by molar-refractivity contribution is -0.137. The molecule has 1 fully saturated rings. The molecule has 1 aliphatic rings. The lowest BCUT2D eigenvalue weighted by Gasteiger charge is -2.09. The average molecular weight is 305 g/mol. The number of hydrogen-bond donors (Lipinski definition) is 1. The molecule has 1 aliphatic heterocycles. The first-order valence-electron chi connectivity index (χ1n) is 6.43. The van der Waals surface area contributed by atoms with Crippen molar-refractivity contribution in [3.8, 4) is 0 Å². The maximum absolute atomic E-state index is 12.1. The highest BCUT2D eigenvalue weighted by Gasteiger charge is 2.34. The second kappa shape index (κ2) is 6.13. The van der Waals surface area contributed by atoms with Crippen LogP contribution in [-0.2, 0) is 9.59 Å². The Balaban J connectivity index is 2.19. The van der Waals surface area contributed by atoms with Crippen molar-refractivity contribution in [2.24, 2.45) is 0 Å². The largest absolute Gasteiger partial charge is 0.481 e. The summed E-state index contributed by atoms with van der Waals surface area (Å²) in [6.45, 7) is 3.88. The Morgan fingerprint density at radius 2 is 2.00 bits per heavy atom. The molecule has 6 heteroatoms. The molecule has 21 heavy (non-hydrogen) atoms. The van der Waals surface area contributed by atoms with E-state index >= 15 is 0 Å². The highest BCUT2D eigenvalue weighted by Crippen LogP contribution is 2.32. The zero-order valence-corrected chi connectivity index (χ0v) is 12.6. The summed E-state index contributed by atoms with van der Waals surface area (Å²) in [7, 11) is 0. The number of carboxylic acids is 1.